The van der Waals surface area contributed by atoms with Crippen LogP contribution in [-0.2, 0) is 14.3 Å². The molecule has 0 aliphatic rings. The lowest BCUT2D eigenvalue weighted by atomic mass is 10.1. The summed E-state index contributed by atoms with van der Waals surface area (Å²) in [6.45, 7) is 2.52. The predicted molar refractivity (Wildman–Crippen MR) is 103 cm³/mol. The van der Waals surface area contributed by atoms with Crippen molar-refractivity contribution < 1.29 is 12.6 Å². The summed E-state index contributed by atoms with van der Waals surface area (Å²) in [5.41, 5.74) is 5.06. The van der Waals surface area contributed by atoms with Gasteiger partial charge in [0.15, 0.2) is 0 Å². The quantitative estimate of drug-likeness (QED) is 0.205. The highest BCUT2D eigenvalue weighted by Crippen LogP contribution is 2.10. The van der Waals surface area contributed by atoms with Gasteiger partial charge in [-0.05, 0) is 32.1 Å². The van der Waals surface area contributed by atoms with Crippen LogP contribution < -0.4 is 5.73 Å². The van der Waals surface area contributed by atoms with E-state index in [4.69, 9.17) is 9.92 Å². The first-order valence-electron chi connectivity index (χ1n) is 9.84. The van der Waals surface area contributed by atoms with Crippen molar-refractivity contribution in [3.05, 3.63) is 12.2 Å². The maximum absolute atomic E-state index is 11.0. The summed E-state index contributed by atoms with van der Waals surface area (Å²) in [7, 11) is -3.47. The molecule has 0 rings (SSSR count). The van der Waals surface area contributed by atoms with Gasteiger partial charge in [0.1, 0.15) is 5.88 Å². The molecule has 0 bridgehead atoms. The summed E-state index contributed by atoms with van der Waals surface area (Å²) in [5, 5.41) is 0. The number of hydrogen-bond acceptors (Lipinski definition) is 4. The predicted octanol–water partition coefficient (Wildman–Crippen LogP) is 5.29. The summed E-state index contributed by atoms with van der Waals surface area (Å²) in [6.07, 6.45) is 22.0. The maximum Gasteiger partial charge on any atom is 0.280 e. The number of unbranched alkanes of at least 4 members (excludes halogenated alkanes) is 12. The van der Waals surface area contributed by atoms with Gasteiger partial charge in [0, 0.05) is 0 Å². The first kappa shape index (κ1) is 23.6. The highest BCUT2D eigenvalue weighted by molar-refractivity contribution is 7.86. The molecule has 0 unspecified atom stereocenters. The average Bonchev–Trinajstić information content (AvgIpc) is 2.57. The summed E-state index contributed by atoms with van der Waals surface area (Å²) < 4.78 is 26.7. The third kappa shape index (κ3) is 18.0. The van der Waals surface area contributed by atoms with Crippen LogP contribution in [-0.4, -0.2) is 20.9 Å². The molecule has 0 fully saturated rings. The second-order valence-electron chi connectivity index (χ2n) is 6.48. The van der Waals surface area contributed by atoms with Gasteiger partial charge in [-0.3, -0.25) is 4.18 Å². The third-order valence-corrected chi connectivity index (χ3v) is 5.06. The van der Waals surface area contributed by atoms with Crippen LogP contribution in [0.1, 0.15) is 96.8 Å². The summed E-state index contributed by atoms with van der Waals surface area (Å²) in [4.78, 5) is 0. The van der Waals surface area contributed by atoms with Crippen LogP contribution in [0, 0.1) is 0 Å². The van der Waals surface area contributed by atoms with Gasteiger partial charge in [-0.2, -0.15) is 8.42 Å². The SMILES string of the molecule is CCCCCCCC/C=C/CCCCCCCCOS(=O)(=O)CN. The lowest BCUT2D eigenvalue weighted by molar-refractivity contribution is 0.306. The van der Waals surface area contributed by atoms with Crippen LogP contribution in [0.25, 0.3) is 0 Å². The van der Waals surface area contributed by atoms with Crippen molar-refractivity contribution in [3.63, 3.8) is 0 Å². The fourth-order valence-corrected chi connectivity index (χ4v) is 3.05. The summed E-state index contributed by atoms with van der Waals surface area (Å²) in [6, 6.07) is 0. The molecule has 2 N–H and O–H groups in total. The molecule has 0 amide bonds. The van der Waals surface area contributed by atoms with Gasteiger partial charge in [-0.15, -0.1) is 0 Å². The highest BCUT2D eigenvalue weighted by Gasteiger charge is 2.06. The van der Waals surface area contributed by atoms with Gasteiger partial charge in [0.2, 0.25) is 0 Å². The van der Waals surface area contributed by atoms with Crippen molar-refractivity contribution in [1.29, 1.82) is 0 Å². The van der Waals surface area contributed by atoms with E-state index >= 15 is 0 Å². The van der Waals surface area contributed by atoms with Crippen LogP contribution in [0.4, 0.5) is 0 Å². The van der Waals surface area contributed by atoms with Gasteiger partial charge in [-0.25, -0.2) is 0 Å². The van der Waals surface area contributed by atoms with E-state index in [0.717, 1.165) is 19.3 Å². The molecule has 0 atom stereocenters. The lowest BCUT2D eigenvalue weighted by Gasteiger charge is -2.03. The lowest BCUT2D eigenvalue weighted by Crippen LogP contribution is -2.17. The van der Waals surface area contributed by atoms with E-state index in [0.29, 0.717) is 0 Å². The zero-order chi connectivity index (χ0) is 17.9. The topological polar surface area (TPSA) is 69.4 Å². The standard InChI is InChI=1S/C19H39NO3S/c1-2-3-4-5-6-7-8-9-10-11-12-13-14-15-16-17-18-23-24(21,22)19-20/h9-10H,2-8,11-20H2,1H3/b10-9+. The smallest absolute Gasteiger partial charge is 0.280 e. The number of hydrogen-bond donors (Lipinski definition) is 1. The van der Waals surface area contributed by atoms with Gasteiger partial charge in [0.25, 0.3) is 10.1 Å². The van der Waals surface area contributed by atoms with Crippen molar-refractivity contribution in [2.24, 2.45) is 5.73 Å². The number of nitrogens with two attached hydrogens (primary N) is 1. The molecule has 4 nitrogen and oxygen atoms in total. The first-order chi connectivity index (χ1) is 11.6. The maximum atomic E-state index is 11.0. The second kappa shape index (κ2) is 17.4. The Bertz CT molecular complexity index is 380. The molecule has 0 aliphatic carbocycles. The fourth-order valence-electron chi connectivity index (χ4n) is 2.58. The Morgan fingerprint density at radius 2 is 1.21 bits per heavy atom. The molecule has 0 spiro atoms. The van der Waals surface area contributed by atoms with Crippen LogP contribution >= 0.6 is 0 Å². The Labute approximate surface area is 150 Å². The molecule has 0 aromatic carbocycles. The largest absolute Gasteiger partial charge is 0.316 e. The van der Waals surface area contributed by atoms with Crippen molar-refractivity contribution in [1.82, 2.24) is 0 Å². The van der Waals surface area contributed by atoms with Gasteiger partial charge in [-0.1, -0.05) is 76.9 Å². The van der Waals surface area contributed by atoms with E-state index in [9.17, 15) is 8.42 Å². The summed E-state index contributed by atoms with van der Waals surface area (Å²) in [5.74, 6) is -0.431. The van der Waals surface area contributed by atoms with Gasteiger partial charge < -0.3 is 5.73 Å². The molecule has 0 saturated heterocycles. The van der Waals surface area contributed by atoms with Crippen molar-refractivity contribution in [2.45, 2.75) is 96.8 Å². The molecule has 5 heteroatoms. The normalized spacial score (nSPS) is 12.2. The molecule has 0 saturated carbocycles. The van der Waals surface area contributed by atoms with Crippen molar-refractivity contribution >= 4 is 10.1 Å². The molecule has 0 radical (unpaired) electrons. The minimum absolute atomic E-state index is 0.265. The molecule has 0 heterocycles. The minimum Gasteiger partial charge on any atom is -0.316 e. The first-order valence-corrected chi connectivity index (χ1v) is 11.4. The molecule has 0 aromatic rings. The Balaban J connectivity index is 3.18. The van der Waals surface area contributed by atoms with Crippen LogP contribution in [0.2, 0.25) is 0 Å². The zero-order valence-electron chi connectivity index (χ0n) is 15.7. The van der Waals surface area contributed by atoms with E-state index < -0.39 is 16.0 Å². The van der Waals surface area contributed by atoms with Crippen molar-refractivity contribution in [3.8, 4) is 0 Å². The molecule has 144 valence electrons. The van der Waals surface area contributed by atoms with Gasteiger partial charge in [0.05, 0.1) is 6.61 Å². The van der Waals surface area contributed by atoms with E-state index in [2.05, 4.69) is 19.1 Å². The zero-order valence-corrected chi connectivity index (χ0v) is 16.5. The average molecular weight is 362 g/mol. The molecule has 0 aromatic heterocycles. The molecule has 24 heavy (non-hydrogen) atoms. The Morgan fingerprint density at radius 3 is 1.71 bits per heavy atom. The Kier molecular flexibility index (Phi) is 17.2. The van der Waals surface area contributed by atoms with Crippen LogP contribution in [0.3, 0.4) is 0 Å². The van der Waals surface area contributed by atoms with E-state index in [-0.39, 0.29) is 6.61 Å². The number of allylic oxidation sites excluding steroid dienone is 2. The van der Waals surface area contributed by atoms with Crippen LogP contribution in [0.5, 0.6) is 0 Å². The molecule has 0 aliphatic heterocycles. The monoisotopic (exact) mass is 361 g/mol. The fraction of sp³-hybridized carbons (Fsp3) is 0.895. The Morgan fingerprint density at radius 1 is 0.750 bits per heavy atom. The highest BCUT2D eigenvalue weighted by atomic mass is 32.2. The number of rotatable bonds is 18. The van der Waals surface area contributed by atoms with E-state index in [1.807, 2.05) is 0 Å². The van der Waals surface area contributed by atoms with Gasteiger partial charge >= 0.3 is 0 Å². The molecular formula is C19H39NO3S. The van der Waals surface area contributed by atoms with Crippen LogP contribution in [0.15, 0.2) is 12.2 Å². The third-order valence-electron chi connectivity index (χ3n) is 4.12. The van der Waals surface area contributed by atoms with Crippen molar-refractivity contribution in [2.75, 3.05) is 12.5 Å². The molecular weight excluding hydrogens is 322 g/mol. The minimum atomic E-state index is -3.47. The Hall–Kier alpha value is -0.390. The summed E-state index contributed by atoms with van der Waals surface area (Å²) >= 11 is 0. The van der Waals surface area contributed by atoms with E-state index in [1.165, 1.54) is 70.6 Å². The second-order valence-corrected chi connectivity index (χ2v) is 8.17. The van der Waals surface area contributed by atoms with E-state index in [1.54, 1.807) is 0 Å².